The fourth-order valence-corrected chi connectivity index (χ4v) is 2.77. The lowest BCUT2D eigenvalue weighted by Crippen LogP contribution is -2.01. The van der Waals surface area contributed by atoms with Crippen molar-refractivity contribution in [2.75, 3.05) is 19.5 Å². The Hall–Kier alpha value is -3.52. The summed E-state index contributed by atoms with van der Waals surface area (Å²) in [5, 5.41) is 9.58. The SMILES string of the molecule is CCOc1ccccc1-c1cc(-c2ccc(OC)cc2)nc(N)c1C#N. The van der Waals surface area contributed by atoms with E-state index in [0.717, 1.165) is 16.9 Å². The van der Waals surface area contributed by atoms with Crippen molar-refractivity contribution in [3.05, 3.63) is 60.2 Å². The second-order valence-corrected chi connectivity index (χ2v) is 5.58. The van der Waals surface area contributed by atoms with Gasteiger partial charge in [0, 0.05) is 16.7 Å². The van der Waals surface area contributed by atoms with E-state index in [4.69, 9.17) is 15.2 Å². The van der Waals surface area contributed by atoms with Crippen molar-refractivity contribution in [2.45, 2.75) is 6.92 Å². The van der Waals surface area contributed by atoms with E-state index in [1.807, 2.05) is 61.5 Å². The van der Waals surface area contributed by atoms with E-state index in [2.05, 4.69) is 11.1 Å². The minimum atomic E-state index is 0.196. The van der Waals surface area contributed by atoms with Crippen molar-refractivity contribution in [1.82, 2.24) is 4.98 Å². The molecule has 0 bridgehead atoms. The van der Waals surface area contributed by atoms with Gasteiger partial charge < -0.3 is 15.2 Å². The Morgan fingerprint density at radius 3 is 2.46 bits per heavy atom. The zero-order valence-corrected chi connectivity index (χ0v) is 14.7. The molecule has 1 aromatic heterocycles. The molecule has 0 amide bonds. The van der Waals surface area contributed by atoms with E-state index < -0.39 is 0 Å². The van der Waals surface area contributed by atoms with Gasteiger partial charge in [0.15, 0.2) is 0 Å². The highest BCUT2D eigenvalue weighted by Gasteiger charge is 2.16. The van der Waals surface area contributed by atoms with Gasteiger partial charge in [-0.1, -0.05) is 18.2 Å². The third-order valence-corrected chi connectivity index (χ3v) is 4.02. The minimum absolute atomic E-state index is 0.196. The maximum absolute atomic E-state index is 9.58. The number of nitrogen functional groups attached to an aromatic ring is 1. The van der Waals surface area contributed by atoms with Crippen LogP contribution >= 0.6 is 0 Å². The Labute approximate surface area is 152 Å². The lowest BCUT2D eigenvalue weighted by Gasteiger charge is -2.14. The van der Waals surface area contributed by atoms with Gasteiger partial charge in [-0.2, -0.15) is 5.26 Å². The average molecular weight is 345 g/mol. The van der Waals surface area contributed by atoms with E-state index in [-0.39, 0.29) is 5.82 Å². The summed E-state index contributed by atoms with van der Waals surface area (Å²) in [4.78, 5) is 4.41. The number of hydrogen-bond acceptors (Lipinski definition) is 5. The number of nitriles is 1. The second kappa shape index (κ2) is 7.58. The number of benzene rings is 2. The van der Waals surface area contributed by atoms with E-state index in [1.165, 1.54) is 0 Å². The molecule has 0 aliphatic rings. The molecule has 2 aromatic carbocycles. The van der Waals surface area contributed by atoms with Gasteiger partial charge in [-0.15, -0.1) is 0 Å². The van der Waals surface area contributed by atoms with E-state index in [1.54, 1.807) is 7.11 Å². The Balaban J connectivity index is 2.19. The van der Waals surface area contributed by atoms with Gasteiger partial charge in [0.1, 0.15) is 28.9 Å². The van der Waals surface area contributed by atoms with Gasteiger partial charge in [0.05, 0.1) is 19.4 Å². The van der Waals surface area contributed by atoms with Crippen LogP contribution < -0.4 is 15.2 Å². The summed E-state index contributed by atoms with van der Waals surface area (Å²) in [6.07, 6.45) is 0. The van der Waals surface area contributed by atoms with E-state index in [9.17, 15) is 5.26 Å². The summed E-state index contributed by atoms with van der Waals surface area (Å²) in [5.41, 5.74) is 9.52. The minimum Gasteiger partial charge on any atom is -0.497 e. The molecule has 0 spiro atoms. The van der Waals surface area contributed by atoms with Crippen LogP contribution in [0.5, 0.6) is 11.5 Å². The number of nitrogens with zero attached hydrogens (tertiary/aromatic N) is 2. The summed E-state index contributed by atoms with van der Waals surface area (Å²) in [6.45, 7) is 2.45. The third kappa shape index (κ3) is 3.31. The van der Waals surface area contributed by atoms with Gasteiger partial charge in [-0.05, 0) is 43.3 Å². The fraction of sp³-hybridized carbons (Fsp3) is 0.143. The zero-order chi connectivity index (χ0) is 18.5. The number of pyridine rings is 1. The number of anilines is 1. The molecule has 0 unspecified atom stereocenters. The van der Waals surface area contributed by atoms with Crippen LogP contribution in [0.3, 0.4) is 0 Å². The summed E-state index contributed by atoms with van der Waals surface area (Å²) in [7, 11) is 1.62. The Bertz CT molecular complexity index is 960. The number of methoxy groups -OCH3 is 1. The van der Waals surface area contributed by atoms with Crippen molar-refractivity contribution in [3.63, 3.8) is 0 Å². The van der Waals surface area contributed by atoms with Crippen LogP contribution in [0.25, 0.3) is 22.4 Å². The first-order valence-electron chi connectivity index (χ1n) is 8.25. The highest BCUT2D eigenvalue weighted by molar-refractivity contribution is 5.83. The lowest BCUT2D eigenvalue weighted by atomic mass is 9.97. The number of ether oxygens (including phenoxy) is 2. The molecule has 130 valence electrons. The van der Waals surface area contributed by atoms with E-state index >= 15 is 0 Å². The van der Waals surface area contributed by atoms with Crippen LogP contribution in [0.2, 0.25) is 0 Å². The van der Waals surface area contributed by atoms with Crippen LogP contribution in [-0.2, 0) is 0 Å². The lowest BCUT2D eigenvalue weighted by molar-refractivity contribution is 0.341. The topological polar surface area (TPSA) is 81.2 Å². The number of para-hydroxylation sites is 1. The first-order chi connectivity index (χ1) is 12.7. The molecule has 2 N–H and O–H groups in total. The maximum atomic E-state index is 9.58. The van der Waals surface area contributed by atoms with Gasteiger partial charge in [0.25, 0.3) is 0 Å². The van der Waals surface area contributed by atoms with Crippen LogP contribution in [0.15, 0.2) is 54.6 Å². The highest BCUT2D eigenvalue weighted by Crippen LogP contribution is 2.36. The molecule has 5 nitrogen and oxygen atoms in total. The summed E-state index contributed by atoms with van der Waals surface area (Å²) in [5.74, 6) is 1.66. The number of hydrogen-bond donors (Lipinski definition) is 1. The monoisotopic (exact) mass is 345 g/mol. The first kappa shape index (κ1) is 17.3. The van der Waals surface area contributed by atoms with Crippen LogP contribution in [0.4, 0.5) is 5.82 Å². The molecule has 1 heterocycles. The molecule has 0 saturated heterocycles. The van der Waals surface area contributed by atoms with Gasteiger partial charge in [0.2, 0.25) is 0 Å². The molecule has 0 radical (unpaired) electrons. The molecule has 3 rings (SSSR count). The van der Waals surface area contributed by atoms with Crippen molar-refractivity contribution in [2.24, 2.45) is 0 Å². The molecule has 0 aliphatic carbocycles. The molecular weight excluding hydrogens is 326 g/mol. The standard InChI is InChI=1S/C21H19N3O2/c1-3-26-20-7-5-4-6-16(20)17-12-19(24-21(23)18(17)13-22)14-8-10-15(25-2)11-9-14/h4-12H,3H2,1-2H3,(H2,23,24). The molecule has 0 aliphatic heterocycles. The van der Waals surface area contributed by atoms with Gasteiger partial charge in [-0.25, -0.2) is 4.98 Å². The first-order valence-corrected chi connectivity index (χ1v) is 8.25. The predicted octanol–water partition coefficient (Wildman–Crippen LogP) is 4.28. The summed E-state index contributed by atoms with van der Waals surface area (Å²) >= 11 is 0. The average Bonchev–Trinajstić information content (AvgIpc) is 2.68. The normalized spacial score (nSPS) is 10.2. The van der Waals surface area contributed by atoms with E-state index in [0.29, 0.717) is 29.2 Å². The maximum Gasteiger partial charge on any atom is 0.142 e. The quantitative estimate of drug-likeness (QED) is 0.746. The van der Waals surface area contributed by atoms with Crippen molar-refractivity contribution < 1.29 is 9.47 Å². The highest BCUT2D eigenvalue weighted by atomic mass is 16.5. The predicted molar refractivity (Wildman–Crippen MR) is 102 cm³/mol. The molecule has 0 fully saturated rings. The van der Waals surface area contributed by atoms with Crippen LogP contribution in [0.1, 0.15) is 12.5 Å². The zero-order valence-electron chi connectivity index (χ0n) is 14.7. The van der Waals surface area contributed by atoms with Crippen molar-refractivity contribution in [1.29, 1.82) is 5.26 Å². The van der Waals surface area contributed by atoms with Crippen LogP contribution in [0, 0.1) is 11.3 Å². The molecule has 3 aromatic rings. The Morgan fingerprint density at radius 1 is 1.08 bits per heavy atom. The van der Waals surface area contributed by atoms with Crippen molar-refractivity contribution in [3.8, 4) is 40.0 Å². The third-order valence-electron chi connectivity index (χ3n) is 4.02. The Morgan fingerprint density at radius 2 is 1.81 bits per heavy atom. The molecule has 0 atom stereocenters. The second-order valence-electron chi connectivity index (χ2n) is 5.58. The molecular formula is C21H19N3O2. The fourth-order valence-electron chi connectivity index (χ4n) is 2.77. The smallest absolute Gasteiger partial charge is 0.142 e. The summed E-state index contributed by atoms with van der Waals surface area (Å²) < 4.78 is 10.9. The Kier molecular flexibility index (Phi) is 5.04. The summed E-state index contributed by atoms with van der Waals surface area (Å²) in [6, 6.07) is 19.2. The van der Waals surface area contributed by atoms with Crippen LogP contribution in [-0.4, -0.2) is 18.7 Å². The molecule has 5 heteroatoms. The number of rotatable bonds is 5. The molecule has 26 heavy (non-hydrogen) atoms. The number of aromatic nitrogens is 1. The number of nitrogens with two attached hydrogens (primary N) is 1. The van der Waals surface area contributed by atoms with Gasteiger partial charge >= 0.3 is 0 Å². The van der Waals surface area contributed by atoms with Crippen molar-refractivity contribution >= 4 is 5.82 Å². The van der Waals surface area contributed by atoms with Gasteiger partial charge in [-0.3, -0.25) is 0 Å². The molecule has 0 saturated carbocycles. The largest absolute Gasteiger partial charge is 0.497 e.